The molecule has 1 rings (SSSR count). The number of thiocarbonyl (C=S) groups is 1. The van der Waals surface area contributed by atoms with E-state index in [9.17, 15) is 4.57 Å². The lowest BCUT2D eigenvalue weighted by Crippen LogP contribution is -1.88. The summed E-state index contributed by atoms with van der Waals surface area (Å²) in [4.78, 5) is 16.7. The molecule has 0 fully saturated rings. The average molecular weight is 233 g/mol. The number of phosphoric acid groups is 1. The second-order valence-corrected chi connectivity index (χ2v) is 3.36. The van der Waals surface area contributed by atoms with Crippen molar-refractivity contribution in [3.05, 3.63) is 30.3 Å². The molecule has 0 heterocycles. The fourth-order valence-corrected chi connectivity index (χ4v) is 1.02. The fraction of sp³-hybridized carbons (Fsp3) is 0. The molecule has 0 atom stereocenters. The summed E-state index contributed by atoms with van der Waals surface area (Å²) in [5.41, 5.74) is 0. The summed E-state index contributed by atoms with van der Waals surface area (Å²) in [6, 6.07) is 7.93. The Labute approximate surface area is 86.1 Å². The molecule has 7 heteroatoms. The molecule has 76 valence electrons. The number of rotatable bonds is 2. The molecule has 14 heavy (non-hydrogen) atoms. The van der Waals surface area contributed by atoms with Crippen molar-refractivity contribution in [3.63, 3.8) is 0 Å². The Morgan fingerprint density at radius 3 is 2.14 bits per heavy atom. The molecule has 0 saturated carbocycles. The van der Waals surface area contributed by atoms with Crippen LogP contribution in [0.4, 0.5) is 0 Å². The van der Waals surface area contributed by atoms with Gasteiger partial charge in [-0.2, -0.15) is 0 Å². The van der Waals surface area contributed by atoms with Crippen LogP contribution < -0.4 is 4.52 Å². The number of phosphoric ester groups is 1. The van der Waals surface area contributed by atoms with E-state index in [0.29, 0.717) is 0 Å². The highest BCUT2D eigenvalue weighted by Gasteiger charge is 2.14. The van der Waals surface area contributed by atoms with E-state index in [4.69, 9.17) is 15.2 Å². The summed E-state index contributed by atoms with van der Waals surface area (Å²) < 4.78 is 14.5. The normalized spacial score (nSPS) is 9.29. The van der Waals surface area contributed by atoms with E-state index >= 15 is 0 Å². The van der Waals surface area contributed by atoms with Crippen molar-refractivity contribution in [3.8, 4) is 5.75 Å². The highest BCUT2D eigenvalue weighted by atomic mass is 32.1. The van der Waals surface area contributed by atoms with E-state index in [1.165, 1.54) is 12.1 Å². The third-order valence-corrected chi connectivity index (χ3v) is 1.42. The fourth-order valence-electron chi connectivity index (χ4n) is 0.619. The van der Waals surface area contributed by atoms with Gasteiger partial charge in [-0.1, -0.05) is 18.2 Å². The Morgan fingerprint density at radius 2 is 1.79 bits per heavy atom. The quantitative estimate of drug-likeness (QED) is 0.412. The van der Waals surface area contributed by atoms with Crippen LogP contribution in [0.1, 0.15) is 0 Å². The first-order chi connectivity index (χ1) is 6.49. The number of hydrogen-bond acceptors (Lipinski definition) is 4. The zero-order chi connectivity index (χ0) is 11.0. The van der Waals surface area contributed by atoms with E-state index in [2.05, 4.69) is 16.7 Å². The minimum atomic E-state index is -4.39. The zero-order valence-corrected chi connectivity index (χ0v) is 8.66. The van der Waals surface area contributed by atoms with Gasteiger partial charge >= 0.3 is 7.82 Å². The molecule has 0 spiro atoms. The number of benzene rings is 1. The standard InChI is InChI=1S/C6H7O4P.CHNS/c7-11(8,9)10-6-4-2-1-3-5-6;2-1-3/h1-5H,(H2,7,8,9);2H. The molecule has 1 aromatic carbocycles. The predicted molar refractivity (Wildman–Crippen MR) is 54.4 cm³/mol. The van der Waals surface area contributed by atoms with Gasteiger partial charge in [0.1, 0.15) is 5.75 Å². The molecule has 5 nitrogen and oxygen atoms in total. The highest BCUT2D eigenvalue weighted by molar-refractivity contribution is 7.78. The summed E-state index contributed by atoms with van der Waals surface area (Å²) in [5.74, 6) is 0.167. The Balaban J connectivity index is 0.000000500. The van der Waals surface area contributed by atoms with Crippen LogP contribution in [0.5, 0.6) is 5.75 Å². The molecule has 0 aliphatic rings. The zero-order valence-electron chi connectivity index (χ0n) is 6.95. The molecule has 1 aromatic rings. The van der Waals surface area contributed by atoms with Gasteiger partial charge in [-0.05, 0) is 24.4 Å². The van der Waals surface area contributed by atoms with Crippen molar-refractivity contribution < 1.29 is 18.9 Å². The van der Waals surface area contributed by atoms with Crippen molar-refractivity contribution in [2.75, 3.05) is 0 Å². The third kappa shape index (κ3) is 7.61. The summed E-state index contributed by atoms with van der Waals surface area (Å²) in [5, 5.41) is 7.36. The van der Waals surface area contributed by atoms with Gasteiger partial charge in [0.05, 0.1) is 5.16 Å². The molecular weight excluding hydrogens is 225 g/mol. The lowest BCUT2D eigenvalue weighted by Gasteiger charge is -2.04. The second-order valence-electron chi connectivity index (χ2n) is 2.00. The minimum absolute atomic E-state index is 0.167. The van der Waals surface area contributed by atoms with Crippen LogP contribution in [-0.2, 0) is 4.57 Å². The predicted octanol–water partition coefficient (Wildman–Crippen LogP) is 1.83. The van der Waals surface area contributed by atoms with Crippen LogP contribution in [0, 0.1) is 5.41 Å². The molecule has 0 bridgehead atoms. The molecule has 3 N–H and O–H groups in total. The molecule has 0 unspecified atom stereocenters. The van der Waals surface area contributed by atoms with Crippen molar-refractivity contribution in [2.24, 2.45) is 0 Å². The summed E-state index contributed by atoms with van der Waals surface area (Å²) >= 11 is 3.81. The molecule has 0 aliphatic heterocycles. The Bertz CT molecular complexity index is 344. The number of hydrogen-bond donors (Lipinski definition) is 3. The van der Waals surface area contributed by atoms with E-state index in [0.717, 1.165) is 0 Å². The van der Waals surface area contributed by atoms with Gasteiger partial charge in [0.15, 0.2) is 0 Å². The second kappa shape index (κ2) is 6.43. The molecule has 0 aromatic heterocycles. The van der Waals surface area contributed by atoms with Crippen molar-refractivity contribution in [1.82, 2.24) is 0 Å². The van der Waals surface area contributed by atoms with E-state index in [-0.39, 0.29) is 5.75 Å². The maximum absolute atomic E-state index is 10.3. The molecule has 0 amide bonds. The van der Waals surface area contributed by atoms with E-state index in [1.54, 1.807) is 23.4 Å². The van der Waals surface area contributed by atoms with E-state index in [1.807, 2.05) is 0 Å². The van der Waals surface area contributed by atoms with Crippen LogP contribution in [-0.4, -0.2) is 14.9 Å². The van der Waals surface area contributed by atoms with Crippen molar-refractivity contribution >= 4 is 25.2 Å². The summed E-state index contributed by atoms with van der Waals surface area (Å²) in [6.07, 6.45) is 0. The maximum atomic E-state index is 10.3. The Morgan fingerprint density at radius 1 is 1.36 bits per heavy atom. The van der Waals surface area contributed by atoms with Crippen LogP contribution in [0.2, 0.25) is 0 Å². The monoisotopic (exact) mass is 233 g/mol. The van der Waals surface area contributed by atoms with Crippen molar-refractivity contribution in [1.29, 1.82) is 5.41 Å². The van der Waals surface area contributed by atoms with Gasteiger partial charge < -0.3 is 4.52 Å². The molecule has 0 radical (unpaired) electrons. The van der Waals surface area contributed by atoms with Crippen LogP contribution >= 0.6 is 20.0 Å². The van der Waals surface area contributed by atoms with Gasteiger partial charge in [-0.15, -0.1) is 0 Å². The topological polar surface area (TPSA) is 90.6 Å². The first-order valence-electron chi connectivity index (χ1n) is 3.33. The average Bonchev–Trinajstić information content (AvgIpc) is 2.04. The maximum Gasteiger partial charge on any atom is 0.524 e. The lowest BCUT2D eigenvalue weighted by atomic mass is 10.3. The minimum Gasteiger partial charge on any atom is -0.404 e. The number of nitrogens with one attached hydrogen (secondary N) is 1. The Hall–Kier alpha value is -1.03. The van der Waals surface area contributed by atoms with Crippen LogP contribution in [0.15, 0.2) is 30.3 Å². The van der Waals surface area contributed by atoms with Gasteiger partial charge in [-0.25, -0.2) is 9.97 Å². The lowest BCUT2D eigenvalue weighted by molar-refractivity contribution is 0.283. The largest absolute Gasteiger partial charge is 0.524 e. The number of isothiocyanates is 1. The Kier molecular flexibility index (Phi) is 5.95. The van der Waals surface area contributed by atoms with Crippen LogP contribution in [0.3, 0.4) is 0 Å². The van der Waals surface area contributed by atoms with Crippen LogP contribution in [0.25, 0.3) is 0 Å². The summed E-state index contributed by atoms with van der Waals surface area (Å²) in [6.45, 7) is 0. The third-order valence-electron chi connectivity index (χ3n) is 0.968. The summed E-state index contributed by atoms with van der Waals surface area (Å²) in [7, 11) is -4.39. The molecule has 0 saturated heterocycles. The first-order valence-corrected chi connectivity index (χ1v) is 5.27. The van der Waals surface area contributed by atoms with Gasteiger partial charge in [0.25, 0.3) is 0 Å². The van der Waals surface area contributed by atoms with E-state index < -0.39 is 7.82 Å². The first kappa shape index (κ1) is 13.0. The van der Waals surface area contributed by atoms with Gasteiger partial charge in [0.2, 0.25) is 0 Å². The smallest absolute Gasteiger partial charge is 0.404 e. The SMILES string of the molecule is N=C=S.O=P(O)(O)Oc1ccccc1. The molecule has 0 aliphatic carbocycles. The highest BCUT2D eigenvalue weighted by Crippen LogP contribution is 2.36. The van der Waals surface area contributed by atoms with Gasteiger partial charge in [-0.3, -0.25) is 9.79 Å². The number of para-hydroxylation sites is 1. The molecular formula is C7H8NO4PS. The van der Waals surface area contributed by atoms with Gasteiger partial charge in [0, 0.05) is 0 Å². The van der Waals surface area contributed by atoms with Crippen molar-refractivity contribution in [2.45, 2.75) is 0 Å².